The van der Waals surface area contributed by atoms with E-state index in [9.17, 15) is 36.0 Å². The fourth-order valence-corrected chi connectivity index (χ4v) is 6.17. The van der Waals surface area contributed by atoms with Gasteiger partial charge in [0, 0.05) is 26.2 Å². The van der Waals surface area contributed by atoms with Gasteiger partial charge in [-0.3, -0.25) is 28.4 Å². The molecule has 5 rings (SSSR count). The number of urea groups is 2. The normalized spacial score (nSPS) is 28.2. The second kappa shape index (κ2) is 14.0. The molecule has 22 nitrogen and oxygen atoms in total. The van der Waals surface area contributed by atoms with Crippen LogP contribution in [0.5, 0.6) is 0 Å². The molecule has 5 heterocycles. The Hall–Kier alpha value is -2.94. The summed E-state index contributed by atoms with van der Waals surface area (Å²) in [6, 6.07) is -4.17. The molecule has 5 unspecified atom stereocenters. The highest BCUT2D eigenvalue weighted by molar-refractivity contribution is 7.81. The van der Waals surface area contributed by atoms with E-state index in [1.807, 2.05) is 0 Å². The van der Waals surface area contributed by atoms with Gasteiger partial charge >= 0.3 is 32.9 Å². The van der Waals surface area contributed by atoms with E-state index in [4.69, 9.17) is 24.5 Å². The van der Waals surface area contributed by atoms with Crippen LogP contribution in [0.4, 0.5) is 9.59 Å². The third-order valence-corrected chi connectivity index (χ3v) is 8.03. The maximum atomic E-state index is 12.2. The molecule has 0 saturated carbocycles. The van der Waals surface area contributed by atoms with Crippen LogP contribution in [0.3, 0.4) is 0 Å². The zero-order valence-electron chi connectivity index (χ0n) is 23.1. The predicted octanol–water partition coefficient (Wildman–Crippen LogP) is -3.60. The highest BCUT2D eigenvalue weighted by Crippen LogP contribution is 2.32. The predicted molar refractivity (Wildman–Crippen MR) is 140 cm³/mol. The van der Waals surface area contributed by atoms with Gasteiger partial charge in [0.2, 0.25) is 0 Å². The number of nitrogens with zero attached hydrogens (tertiary/aromatic N) is 4. The van der Waals surface area contributed by atoms with Crippen molar-refractivity contribution in [2.45, 2.75) is 62.4 Å². The van der Waals surface area contributed by atoms with E-state index in [0.29, 0.717) is 42.4 Å². The number of fused-ring (bicyclic) bond motifs is 4. The maximum Gasteiger partial charge on any atom is 0.418 e. The van der Waals surface area contributed by atoms with E-state index in [-0.39, 0.29) is 32.3 Å². The summed E-state index contributed by atoms with van der Waals surface area (Å²) in [5, 5.41) is 4.27. The largest absolute Gasteiger partial charge is 0.418 e. The van der Waals surface area contributed by atoms with Gasteiger partial charge in [-0.05, 0) is 38.6 Å². The topological polar surface area (TPSA) is 289 Å². The third kappa shape index (κ3) is 8.40. The minimum atomic E-state index is -4.80. The van der Waals surface area contributed by atoms with Gasteiger partial charge in [0.15, 0.2) is 0 Å². The molecular formula is C20H34N8O14S2. The van der Waals surface area contributed by atoms with Crippen molar-refractivity contribution in [3.05, 3.63) is 0 Å². The molecule has 0 aromatic carbocycles. The molecule has 6 amide bonds. The van der Waals surface area contributed by atoms with Crippen molar-refractivity contribution in [1.29, 1.82) is 0 Å². The molecule has 0 aromatic heterocycles. The fraction of sp³-hybridized carbons (Fsp3) is 0.800. The van der Waals surface area contributed by atoms with Crippen LogP contribution < -0.4 is 22.0 Å². The van der Waals surface area contributed by atoms with Crippen molar-refractivity contribution < 1.29 is 63.4 Å². The number of carbonyl (C=O) groups excluding carboxylic acids is 4. The van der Waals surface area contributed by atoms with Gasteiger partial charge in [0.05, 0.1) is 24.8 Å². The molecule has 0 aromatic rings. The van der Waals surface area contributed by atoms with Crippen molar-refractivity contribution in [2.24, 2.45) is 5.73 Å². The number of hydroxylamine groups is 6. The van der Waals surface area contributed by atoms with E-state index < -0.39 is 68.8 Å². The van der Waals surface area contributed by atoms with E-state index >= 15 is 0 Å². The SMILES string of the molecule is NCCONC(=O)C1CCC2CN1C(=O)N2OS(=O)(=O)O.O=C(NOC1CCNC1)C1CCC2CN1C(=O)N2OS(=O)(=O)O. The van der Waals surface area contributed by atoms with Gasteiger partial charge < -0.3 is 20.9 Å². The molecule has 24 heteroatoms. The lowest BCUT2D eigenvalue weighted by Gasteiger charge is -2.29. The summed E-state index contributed by atoms with van der Waals surface area (Å²) in [6.07, 6.45) is 2.07. The Morgan fingerprint density at radius 1 is 0.841 bits per heavy atom. The number of hydrogen-bond acceptors (Lipinski definition) is 14. The molecule has 5 atom stereocenters. The van der Waals surface area contributed by atoms with Crippen LogP contribution in [0.15, 0.2) is 0 Å². The number of carbonyl (C=O) groups is 4. The Kier molecular flexibility index (Phi) is 10.8. The van der Waals surface area contributed by atoms with Crippen LogP contribution in [0.1, 0.15) is 32.1 Å². The Labute approximate surface area is 251 Å². The summed E-state index contributed by atoms with van der Waals surface area (Å²) in [5.41, 5.74) is 9.75. The molecular weight excluding hydrogens is 640 g/mol. The first-order valence-corrected chi connectivity index (χ1v) is 16.2. The molecule has 5 fully saturated rings. The molecule has 0 aliphatic carbocycles. The Balaban J connectivity index is 0.000000202. The quantitative estimate of drug-likeness (QED) is 0.0701. The average Bonchev–Trinajstić information content (AvgIpc) is 3.62. The van der Waals surface area contributed by atoms with Crippen LogP contribution in [0.25, 0.3) is 0 Å². The second-order valence-electron chi connectivity index (χ2n) is 10.3. The van der Waals surface area contributed by atoms with Gasteiger partial charge in [-0.1, -0.05) is 0 Å². The summed E-state index contributed by atoms with van der Waals surface area (Å²) in [7, 11) is -9.59. The molecule has 7 N–H and O–H groups in total. The van der Waals surface area contributed by atoms with Gasteiger partial charge in [0.1, 0.15) is 12.1 Å². The lowest BCUT2D eigenvalue weighted by atomic mass is 10.0. The van der Waals surface area contributed by atoms with E-state index in [2.05, 4.69) is 24.8 Å². The molecule has 250 valence electrons. The summed E-state index contributed by atoms with van der Waals surface area (Å²) in [6.45, 7) is 2.10. The van der Waals surface area contributed by atoms with Crippen LogP contribution in [0, 0.1) is 0 Å². The van der Waals surface area contributed by atoms with Crippen molar-refractivity contribution in [2.75, 3.05) is 39.3 Å². The minimum Gasteiger partial charge on any atom is -0.328 e. The van der Waals surface area contributed by atoms with Crippen LogP contribution in [-0.2, 0) is 48.6 Å². The summed E-state index contributed by atoms with van der Waals surface area (Å²) in [4.78, 5) is 60.8. The number of nitrogens with two attached hydrogens (primary N) is 1. The average molecular weight is 675 g/mol. The lowest BCUT2D eigenvalue weighted by molar-refractivity contribution is -0.142. The van der Waals surface area contributed by atoms with Gasteiger partial charge in [-0.25, -0.2) is 20.5 Å². The van der Waals surface area contributed by atoms with Gasteiger partial charge in [0.25, 0.3) is 11.8 Å². The van der Waals surface area contributed by atoms with Crippen molar-refractivity contribution in [3.63, 3.8) is 0 Å². The number of rotatable bonds is 11. The zero-order chi connectivity index (χ0) is 32.2. The molecule has 5 aliphatic heterocycles. The van der Waals surface area contributed by atoms with Gasteiger partial charge in [-0.15, -0.1) is 8.57 Å². The summed E-state index contributed by atoms with van der Waals surface area (Å²) >= 11 is 0. The molecule has 44 heavy (non-hydrogen) atoms. The summed E-state index contributed by atoms with van der Waals surface area (Å²) < 4.78 is 69.0. The standard InChI is InChI=1S/C11H18N4O7S.C9H16N4O7S/c16-10(13-21-8-3-4-12-5-8)9-2-1-7-6-14(9)11(17)15(7)22-23(18,19)20;10-3-4-19-11-8(14)7-2-1-6-5-12(7)9(15)13(6)20-21(16,17)18/h7-9,12H,1-6H2,(H,13,16)(H,18,19,20);6-7H,1-5,10H2,(H,11,14)(H,16,17,18). The van der Waals surface area contributed by atoms with Gasteiger partial charge in [-0.2, -0.15) is 27.0 Å². The van der Waals surface area contributed by atoms with Crippen molar-refractivity contribution in [1.82, 2.24) is 36.2 Å². The highest BCUT2D eigenvalue weighted by Gasteiger charge is 2.50. The Morgan fingerprint density at radius 3 is 1.77 bits per heavy atom. The fourth-order valence-electron chi connectivity index (χ4n) is 5.40. The van der Waals surface area contributed by atoms with Crippen molar-refractivity contribution >= 4 is 44.7 Å². The first-order valence-electron chi connectivity index (χ1n) is 13.5. The number of nitrogens with one attached hydrogen (secondary N) is 3. The number of amides is 6. The van der Waals surface area contributed by atoms with Crippen LogP contribution in [0.2, 0.25) is 0 Å². The second-order valence-corrected chi connectivity index (χ2v) is 12.3. The minimum absolute atomic E-state index is 0.107. The first kappa shape index (κ1) is 33.9. The molecule has 0 radical (unpaired) electrons. The monoisotopic (exact) mass is 674 g/mol. The molecule has 0 spiro atoms. The van der Waals surface area contributed by atoms with E-state index in [0.717, 1.165) is 13.0 Å². The Morgan fingerprint density at radius 2 is 1.34 bits per heavy atom. The number of piperidine rings is 2. The maximum absolute atomic E-state index is 12.2. The van der Waals surface area contributed by atoms with Crippen molar-refractivity contribution in [3.8, 4) is 0 Å². The highest BCUT2D eigenvalue weighted by atomic mass is 32.3. The van der Waals surface area contributed by atoms with E-state index in [1.165, 1.54) is 9.80 Å². The van der Waals surface area contributed by atoms with Crippen LogP contribution in [-0.4, -0.2) is 139 Å². The van der Waals surface area contributed by atoms with E-state index in [1.54, 1.807) is 0 Å². The smallest absolute Gasteiger partial charge is 0.328 e. The molecule has 5 aliphatic rings. The summed E-state index contributed by atoms with van der Waals surface area (Å²) in [5.74, 6) is -0.985. The molecule has 5 saturated heterocycles. The lowest BCUT2D eigenvalue weighted by Crippen LogP contribution is -2.50. The zero-order valence-corrected chi connectivity index (χ0v) is 24.8. The number of hydrogen-bond donors (Lipinski definition) is 6. The van der Waals surface area contributed by atoms with Crippen LogP contribution >= 0.6 is 0 Å². The Bertz CT molecular complexity index is 1310. The first-order chi connectivity index (χ1) is 20.7. The molecule has 4 bridgehead atoms. The third-order valence-electron chi connectivity index (χ3n) is 7.33.